The minimum Gasteiger partial charge on any atom is -0.334 e. The van der Waals surface area contributed by atoms with Crippen molar-refractivity contribution >= 4 is 28.3 Å². The quantitative estimate of drug-likeness (QED) is 0.435. The van der Waals surface area contributed by atoms with Gasteiger partial charge in [-0.05, 0) is 37.1 Å². The molecule has 5 heterocycles. The van der Waals surface area contributed by atoms with Gasteiger partial charge in [-0.15, -0.1) is 11.3 Å². The maximum Gasteiger partial charge on any atom is 0.255 e. The van der Waals surface area contributed by atoms with E-state index in [-0.39, 0.29) is 17.7 Å². The number of thiazole rings is 1. The van der Waals surface area contributed by atoms with Crippen molar-refractivity contribution < 1.29 is 14.0 Å². The molecule has 178 valence electrons. The normalized spacial score (nSPS) is 14.7. The maximum absolute atomic E-state index is 15.2. The number of rotatable bonds is 4. The van der Waals surface area contributed by atoms with Gasteiger partial charge in [-0.1, -0.05) is 11.8 Å². The van der Waals surface area contributed by atoms with E-state index in [0.29, 0.717) is 22.0 Å². The van der Waals surface area contributed by atoms with Crippen LogP contribution < -0.4 is 5.32 Å². The van der Waals surface area contributed by atoms with Gasteiger partial charge in [0.15, 0.2) is 11.2 Å². The molecule has 1 unspecified atom stereocenters. The first kappa shape index (κ1) is 22.1. The largest absolute Gasteiger partial charge is 0.334 e. The number of anilines is 1. The highest BCUT2D eigenvalue weighted by Crippen LogP contribution is 2.36. The molecule has 1 N–H and O–H groups in total. The Morgan fingerprint density at radius 3 is 2.89 bits per heavy atom. The van der Waals surface area contributed by atoms with Crippen LogP contribution in [0.4, 0.5) is 9.52 Å². The molecule has 0 saturated carbocycles. The number of carbonyl (C=O) groups is 2. The summed E-state index contributed by atoms with van der Waals surface area (Å²) in [6.45, 7) is 0.767. The Bertz CT molecular complexity index is 1540. The number of fused-ring (bicyclic) bond motifs is 2. The minimum absolute atomic E-state index is 0.0431. The molecule has 36 heavy (non-hydrogen) atoms. The fourth-order valence-electron chi connectivity index (χ4n) is 4.65. The van der Waals surface area contributed by atoms with E-state index in [0.717, 1.165) is 25.1 Å². The van der Waals surface area contributed by atoms with Gasteiger partial charge >= 0.3 is 0 Å². The summed E-state index contributed by atoms with van der Waals surface area (Å²) in [5.74, 6) is 4.44. The van der Waals surface area contributed by atoms with Gasteiger partial charge in [0.1, 0.15) is 5.82 Å². The van der Waals surface area contributed by atoms with Crippen LogP contribution in [0.15, 0.2) is 54.6 Å². The van der Waals surface area contributed by atoms with Crippen molar-refractivity contribution in [1.82, 2.24) is 24.4 Å². The van der Waals surface area contributed by atoms with Crippen LogP contribution in [-0.4, -0.2) is 36.2 Å². The lowest BCUT2D eigenvalue weighted by atomic mass is 10.1. The van der Waals surface area contributed by atoms with Gasteiger partial charge in [0.2, 0.25) is 0 Å². The fourth-order valence-corrected chi connectivity index (χ4v) is 5.18. The lowest BCUT2D eigenvalue weighted by molar-refractivity contribution is -0.121. The predicted molar refractivity (Wildman–Crippen MR) is 131 cm³/mol. The second-order valence-corrected chi connectivity index (χ2v) is 9.41. The van der Waals surface area contributed by atoms with E-state index in [1.807, 2.05) is 4.57 Å². The summed E-state index contributed by atoms with van der Waals surface area (Å²) in [7, 11) is 0. The number of aryl methyl sites for hydroxylation is 1. The van der Waals surface area contributed by atoms with Crippen LogP contribution in [0.2, 0.25) is 0 Å². The van der Waals surface area contributed by atoms with E-state index in [2.05, 4.69) is 32.1 Å². The second kappa shape index (κ2) is 9.02. The zero-order valence-electron chi connectivity index (χ0n) is 18.9. The molecular formula is C26H19FN6O2S. The average molecular weight is 499 g/mol. The number of amides is 2. The molecule has 0 fully saturated rings. The van der Waals surface area contributed by atoms with Gasteiger partial charge in [0.25, 0.3) is 11.8 Å². The maximum atomic E-state index is 15.2. The molecule has 4 aromatic rings. The van der Waals surface area contributed by atoms with Gasteiger partial charge in [0, 0.05) is 58.5 Å². The summed E-state index contributed by atoms with van der Waals surface area (Å²) in [5, 5.41) is 4.96. The number of halogens is 1. The molecule has 1 atom stereocenters. The third kappa shape index (κ3) is 3.93. The lowest BCUT2D eigenvalue weighted by Gasteiger charge is -2.26. The fraction of sp³-hybridized carbons (Fsp3) is 0.192. The number of hydrogen-bond donors (Lipinski definition) is 1. The Morgan fingerprint density at radius 1 is 1.19 bits per heavy atom. The molecule has 2 aliphatic rings. The van der Waals surface area contributed by atoms with Gasteiger partial charge in [-0.2, -0.15) is 0 Å². The number of hydrogen-bond acceptors (Lipinski definition) is 6. The first-order chi connectivity index (χ1) is 17.6. The van der Waals surface area contributed by atoms with Crippen molar-refractivity contribution in [3.05, 3.63) is 94.0 Å². The molecule has 0 bridgehead atoms. The first-order valence-electron chi connectivity index (χ1n) is 11.4. The Morgan fingerprint density at radius 2 is 2.08 bits per heavy atom. The van der Waals surface area contributed by atoms with Crippen LogP contribution in [-0.2, 0) is 24.3 Å². The van der Waals surface area contributed by atoms with E-state index < -0.39 is 23.7 Å². The number of benzene rings is 1. The lowest BCUT2D eigenvalue weighted by Crippen LogP contribution is -2.38. The molecular weight excluding hydrogens is 479 g/mol. The van der Waals surface area contributed by atoms with E-state index in [1.54, 1.807) is 48.5 Å². The minimum atomic E-state index is -1.02. The highest BCUT2D eigenvalue weighted by Gasteiger charge is 2.42. The Balaban J connectivity index is 1.36. The molecule has 8 nitrogen and oxygen atoms in total. The standard InChI is InChI=1S/C26H19FN6O2S/c27-20-12-17(6-5-16-3-1-7-28-13-16)11-18-19(20)14-33(25(18)35)23(24(34)31-26-29-8-10-36-26)22-21-4-2-9-32(21)15-30-22/h1,3,7-8,10-13,15,23H,2,4,9,14H2,(H,29,31,34). The molecule has 1 aromatic carbocycles. The van der Waals surface area contributed by atoms with Crippen molar-refractivity contribution in [3.8, 4) is 11.8 Å². The number of nitrogens with zero attached hydrogens (tertiary/aromatic N) is 5. The highest BCUT2D eigenvalue weighted by atomic mass is 32.1. The molecule has 3 aromatic heterocycles. The topological polar surface area (TPSA) is 93.0 Å². The zero-order chi connectivity index (χ0) is 24.6. The van der Waals surface area contributed by atoms with Crippen molar-refractivity contribution in [3.63, 3.8) is 0 Å². The number of aromatic nitrogens is 4. The van der Waals surface area contributed by atoms with Crippen molar-refractivity contribution in [2.75, 3.05) is 5.32 Å². The van der Waals surface area contributed by atoms with Crippen molar-refractivity contribution in [1.29, 1.82) is 0 Å². The SMILES string of the molecule is O=C(Nc1nccs1)C(c1ncn2c1CCC2)N1Cc2c(F)cc(C#Cc3cccnc3)cc2C1=O. The number of imidazole rings is 1. The highest BCUT2D eigenvalue weighted by molar-refractivity contribution is 7.13. The Hall–Kier alpha value is -4.36. The first-order valence-corrected chi connectivity index (χ1v) is 12.3. The van der Waals surface area contributed by atoms with Gasteiger partial charge in [-0.25, -0.2) is 14.4 Å². The Kier molecular flexibility index (Phi) is 5.54. The molecule has 10 heteroatoms. The van der Waals surface area contributed by atoms with Gasteiger partial charge < -0.3 is 9.47 Å². The van der Waals surface area contributed by atoms with Crippen LogP contribution in [0.25, 0.3) is 0 Å². The summed E-state index contributed by atoms with van der Waals surface area (Å²) >= 11 is 1.28. The molecule has 0 aliphatic carbocycles. The number of pyridine rings is 1. The van der Waals surface area contributed by atoms with Crippen molar-refractivity contribution in [2.24, 2.45) is 0 Å². The van der Waals surface area contributed by atoms with Crippen LogP contribution in [0, 0.1) is 17.7 Å². The van der Waals surface area contributed by atoms with E-state index in [9.17, 15) is 9.59 Å². The second-order valence-electron chi connectivity index (χ2n) is 8.51. The van der Waals surface area contributed by atoms with Crippen LogP contribution in [0.1, 0.15) is 50.9 Å². The van der Waals surface area contributed by atoms with Gasteiger partial charge in [-0.3, -0.25) is 19.9 Å². The summed E-state index contributed by atoms with van der Waals surface area (Å²) < 4.78 is 17.2. The zero-order valence-corrected chi connectivity index (χ0v) is 19.8. The summed E-state index contributed by atoms with van der Waals surface area (Å²) in [6, 6.07) is 5.44. The third-order valence-corrected chi connectivity index (χ3v) is 6.99. The van der Waals surface area contributed by atoms with E-state index >= 15 is 4.39 Å². The Labute approximate surface area is 209 Å². The monoisotopic (exact) mass is 498 g/mol. The van der Waals surface area contributed by atoms with Gasteiger partial charge in [0.05, 0.1) is 18.6 Å². The smallest absolute Gasteiger partial charge is 0.255 e. The summed E-state index contributed by atoms with van der Waals surface area (Å²) in [4.78, 5) is 41.1. The van der Waals surface area contributed by atoms with E-state index in [4.69, 9.17) is 0 Å². The predicted octanol–water partition coefficient (Wildman–Crippen LogP) is 3.56. The third-order valence-electron chi connectivity index (χ3n) is 6.30. The molecule has 6 rings (SSSR count). The van der Waals surface area contributed by atoms with E-state index in [1.165, 1.54) is 22.3 Å². The summed E-state index contributed by atoms with van der Waals surface area (Å²) in [5.41, 5.74) is 2.93. The molecule has 2 amide bonds. The van der Waals surface area contributed by atoms with Crippen LogP contribution in [0.3, 0.4) is 0 Å². The van der Waals surface area contributed by atoms with Crippen LogP contribution >= 0.6 is 11.3 Å². The number of carbonyl (C=O) groups excluding carboxylic acids is 2. The number of nitrogens with one attached hydrogen (secondary N) is 1. The molecule has 2 aliphatic heterocycles. The summed E-state index contributed by atoms with van der Waals surface area (Å²) in [6.07, 6.45) is 8.23. The van der Waals surface area contributed by atoms with Crippen LogP contribution in [0.5, 0.6) is 0 Å². The molecule has 0 spiro atoms. The molecule has 0 saturated heterocycles. The van der Waals surface area contributed by atoms with Crippen molar-refractivity contribution in [2.45, 2.75) is 32.0 Å². The molecule has 0 radical (unpaired) electrons. The average Bonchev–Trinajstić information content (AvgIpc) is 3.67.